The molecular weight excluding hydrogens is 382 g/mol. The molecule has 0 fully saturated rings. The van der Waals surface area contributed by atoms with Crippen molar-refractivity contribution in [2.45, 2.75) is 6.42 Å². The minimum absolute atomic E-state index is 0.0160. The van der Waals surface area contributed by atoms with Crippen LogP contribution in [0, 0.1) is 10.1 Å². The molecule has 5 rings (SSSR count). The Kier molecular flexibility index (Phi) is 3.56. The third-order valence-electron chi connectivity index (χ3n) is 4.48. The van der Waals surface area contributed by atoms with Crippen LogP contribution in [0.2, 0.25) is 0 Å². The van der Waals surface area contributed by atoms with Crippen LogP contribution in [0.25, 0.3) is 21.3 Å². The van der Waals surface area contributed by atoms with Crippen LogP contribution in [0.15, 0.2) is 48.5 Å². The van der Waals surface area contributed by atoms with Crippen LogP contribution in [-0.4, -0.2) is 15.8 Å². The maximum atomic E-state index is 12.6. The number of amides is 1. The van der Waals surface area contributed by atoms with Crippen molar-refractivity contribution in [1.82, 2.24) is 4.98 Å². The fraction of sp³-hybridized carbons (Fsp3) is 0.0526. The molecule has 0 saturated carbocycles. The normalized spacial score (nSPS) is 12.0. The lowest BCUT2D eigenvalue weighted by Gasteiger charge is -2.00. The highest BCUT2D eigenvalue weighted by atomic mass is 32.1. The molecule has 0 atom stereocenters. The van der Waals surface area contributed by atoms with Crippen molar-refractivity contribution in [2.75, 3.05) is 5.32 Å². The van der Waals surface area contributed by atoms with Gasteiger partial charge in [0.05, 0.1) is 15.5 Å². The van der Waals surface area contributed by atoms with Gasteiger partial charge in [-0.25, -0.2) is 4.98 Å². The topological polar surface area (TPSA) is 85.1 Å². The minimum atomic E-state index is -0.439. The van der Waals surface area contributed by atoms with Crippen LogP contribution < -0.4 is 5.32 Å². The zero-order valence-corrected chi connectivity index (χ0v) is 15.4. The quantitative estimate of drug-likeness (QED) is 0.342. The van der Waals surface area contributed by atoms with E-state index >= 15 is 0 Å². The number of fused-ring (bicyclic) bond motifs is 4. The van der Waals surface area contributed by atoms with Crippen LogP contribution in [0.4, 0.5) is 10.8 Å². The van der Waals surface area contributed by atoms with Gasteiger partial charge in [0.2, 0.25) is 0 Å². The van der Waals surface area contributed by atoms with Gasteiger partial charge in [-0.1, -0.05) is 24.3 Å². The molecule has 2 heterocycles. The van der Waals surface area contributed by atoms with Crippen molar-refractivity contribution < 1.29 is 9.72 Å². The van der Waals surface area contributed by atoms with E-state index in [-0.39, 0.29) is 11.6 Å². The zero-order chi connectivity index (χ0) is 18.5. The average Bonchev–Trinajstić information content (AvgIpc) is 3.32. The number of hydrogen-bond acceptors (Lipinski definition) is 6. The number of nitro groups is 1. The molecule has 0 radical (unpaired) electrons. The molecule has 4 aromatic rings. The fourth-order valence-electron chi connectivity index (χ4n) is 3.23. The highest BCUT2D eigenvalue weighted by Crippen LogP contribution is 2.41. The van der Waals surface area contributed by atoms with Gasteiger partial charge < -0.3 is 0 Å². The number of non-ortho nitro benzene ring substituents is 1. The first-order chi connectivity index (χ1) is 13.1. The van der Waals surface area contributed by atoms with Crippen LogP contribution in [0.1, 0.15) is 20.1 Å². The number of nitro benzene ring substituents is 1. The van der Waals surface area contributed by atoms with Crippen molar-refractivity contribution >= 4 is 49.5 Å². The van der Waals surface area contributed by atoms with Crippen molar-refractivity contribution in [2.24, 2.45) is 0 Å². The summed E-state index contributed by atoms with van der Waals surface area (Å²) in [5.74, 6) is -0.250. The summed E-state index contributed by atoms with van der Waals surface area (Å²) in [7, 11) is 0. The largest absolute Gasteiger partial charge is 0.297 e. The number of nitrogens with zero attached hydrogens (tertiary/aromatic N) is 2. The second kappa shape index (κ2) is 5.97. The number of aromatic nitrogens is 1. The van der Waals surface area contributed by atoms with Crippen LogP contribution in [0.5, 0.6) is 0 Å². The maximum absolute atomic E-state index is 12.6. The van der Waals surface area contributed by atoms with Crippen LogP contribution in [0.3, 0.4) is 0 Å². The Hall–Kier alpha value is -3.10. The second-order valence-corrected chi connectivity index (χ2v) is 8.34. The van der Waals surface area contributed by atoms with Gasteiger partial charge in [0.15, 0.2) is 5.13 Å². The van der Waals surface area contributed by atoms with E-state index in [2.05, 4.69) is 16.4 Å². The van der Waals surface area contributed by atoms with Gasteiger partial charge in [-0.15, -0.1) is 22.7 Å². The van der Waals surface area contributed by atoms with E-state index in [1.54, 1.807) is 12.1 Å². The summed E-state index contributed by atoms with van der Waals surface area (Å²) >= 11 is 2.79. The van der Waals surface area contributed by atoms with E-state index in [4.69, 9.17) is 0 Å². The standard InChI is InChI=1S/C19H11N3O3S2/c23-18(16-9-11-7-12(22(24)25)5-6-14(11)26-16)21-19-20-17-13-4-2-1-3-10(13)8-15(17)27-19/h1-7,9H,8H2,(H,20,21,23). The smallest absolute Gasteiger partial charge is 0.270 e. The van der Waals surface area contributed by atoms with Gasteiger partial charge in [-0.3, -0.25) is 20.2 Å². The summed E-state index contributed by atoms with van der Waals surface area (Å²) in [6.07, 6.45) is 0.839. The molecule has 0 saturated heterocycles. The van der Waals surface area contributed by atoms with Gasteiger partial charge in [0.1, 0.15) is 0 Å². The Morgan fingerprint density at radius 1 is 1.15 bits per heavy atom. The van der Waals surface area contributed by atoms with Crippen LogP contribution >= 0.6 is 22.7 Å². The molecule has 0 aliphatic heterocycles. The molecule has 1 N–H and O–H groups in total. The van der Waals surface area contributed by atoms with Crippen molar-refractivity contribution in [3.63, 3.8) is 0 Å². The van der Waals surface area contributed by atoms with E-state index in [0.29, 0.717) is 15.4 Å². The molecule has 27 heavy (non-hydrogen) atoms. The average molecular weight is 393 g/mol. The first-order valence-corrected chi connectivity index (χ1v) is 9.79. The van der Waals surface area contributed by atoms with E-state index in [9.17, 15) is 14.9 Å². The van der Waals surface area contributed by atoms with E-state index in [1.165, 1.54) is 40.4 Å². The number of carbonyl (C=O) groups excluding carboxylic acids is 1. The van der Waals surface area contributed by atoms with Crippen molar-refractivity contribution in [3.8, 4) is 11.3 Å². The number of hydrogen-bond donors (Lipinski definition) is 1. The maximum Gasteiger partial charge on any atom is 0.270 e. The molecular formula is C19H11N3O3S2. The number of benzene rings is 2. The van der Waals surface area contributed by atoms with Gasteiger partial charge in [0.25, 0.3) is 11.6 Å². The Labute approximate surface area is 161 Å². The Morgan fingerprint density at radius 3 is 2.85 bits per heavy atom. The summed E-state index contributed by atoms with van der Waals surface area (Å²) in [6.45, 7) is 0. The molecule has 1 aliphatic carbocycles. The molecule has 2 aromatic carbocycles. The van der Waals surface area contributed by atoms with Gasteiger partial charge in [-0.05, 0) is 17.7 Å². The molecule has 8 heteroatoms. The number of anilines is 1. The molecule has 132 valence electrons. The molecule has 6 nitrogen and oxygen atoms in total. The lowest BCUT2D eigenvalue weighted by Crippen LogP contribution is -2.09. The Morgan fingerprint density at radius 2 is 2.00 bits per heavy atom. The highest BCUT2D eigenvalue weighted by Gasteiger charge is 2.24. The lowest BCUT2D eigenvalue weighted by atomic mass is 10.1. The second-order valence-electron chi connectivity index (χ2n) is 6.17. The van der Waals surface area contributed by atoms with Gasteiger partial charge in [0, 0.05) is 39.1 Å². The lowest BCUT2D eigenvalue weighted by molar-refractivity contribution is -0.384. The number of thiazole rings is 1. The molecule has 0 bridgehead atoms. The number of thiophene rings is 1. The first kappa shape index (κ1) is 16.1. The van der Waals surface area contributed by atoms with Crippen LogP contribution in [-0.2, 0) is 6.42 Å². The van der Waals surface area contributed by atoms with E-state index in [0.717, 1.165) is 27.3 Å². The Bertz CT molecular complexity index is 1240. The molecule has 1 aliphatic rings. The predicted molar refractivity (Wildman–Crippen MR) is 107 cm³/mol. The van der Waals surface area contributed by atoms with Crippen molar-refractivity contribution in [1.29, 1.82) is 0 Å². The van der Waals surface area contributed by atoms with Crippen molar-refractivity contribution in [3.05, 3.63) is 74.0 Å². The Balaban J connectivity index is 1.42. The summed E-state index contributed by atoms with van der Waals surface area (Å²) in [5.41, 5.74) is 3.34. The molecule has 0 unspecified atom stereocenters. The summed E-state index contributed by atoms with van der Waals surface area (Å²) < 4.78 is 0.835. The molecule has 2 aromatic heterocycles. The van der Waals surface area contributed by atoms with Gasteiger partial charge in [-0.2, -0.15) is 0 Å². The predicted octanol–water partition coefficient (Wildman–Crippen LogP) is 5.09. The third kappa shape index (κ3) is 2.70. The number of rotatable bonds is 3. The van der Waals surface area contributed by atoms with E-state index in [1.807, 2.05) is 18.2 Å². The SMILES string of the molecule is O=C(Nc1nc2c(s1)Cc1ccccc1-2)c1cc2cc([N+](=O)[O-])ccc2s1. The summed E-state index contributed by atoms with van der Waals surface area (Å²) in [5, 5.41) is 15.0. The van der Waals surface area contributed by atoms with Gasteiger partial charge >= 0.3 is 0 Å². The van der Waals surface area contributed by atoms with E-state index < -0.39 is 4.92 Å². The fourth-order valence-corrected chi connectivity index (χ4v) is 5.16. The zero-order valence-electron chi connectivity index (χ0n) is 13.8. The summed E-state index contributed by atoms with van der Waals surface area (Å²) in [6, 6.07) is 14.4. The number of carbonyl (C=O) groups is 1. The summed E-state index contributed by atoms with van der Waals surface area (Å²) in [4.78, 5) is 29.3. The molecule has 0 spiro atoms. The first-order valence-electron chi connectivity index (χ1n) is 8.16. The third-order valence-corrected chi connectivity index (χ3v) is 6.56. The minimum Gasteiger partial charge on any atom is -0.297 e. The number of nitrogens with one attached hydrogen (secondary N) is 1. The molecule has 1 amide bonds. The monoisotopic (exact) mass is 393 g/mol. The highest BCUT2D eigenvalue weighted by molar-refractivity contribution is 7.21.